The number of aromatic amines is 1. The van der Waals surface area contributed by atoms with Gasteiger partial charge in [0.1, 0.15) is 22.4 Å². The smallest absolute Gasteiger partial charge is 0.406 e. The van der Waals surface area contributed by atoms with Gasteiger partial charge in [-0.05, 0) is 24.3 Å². The number of alkyl halides is 3. The van der Waals surface area contributed by atoms with Crippen LogP contribution in [0.25, 0.3) is 21.5 Å². The van der Waals surface area contributed by atoms with Gasteiger partial charge >= 0.3 is 6.36 Å². The number of aromatic nitrogens is 2. The van der Waals surface area contributed by atoms with Gasteiger partial charge in [-0.25, -0.2) is 0 Å². The fraction of sp³-hybridized carbons (Fsp3) is 0.0769. The van der Waals surface area contributed by atoms with E-state index in [0.29, 0.717) is 21.5 Å². The monoisotopic (exact) mass is 309 g/mol. The number of benzene rings is 1. The zero-order valence-electron chi connectivity index (χ0n) is 10.2. The van der Waals surface area contributed by atoms with Crippen molar-refractivity contribution in [1.82, 2.24) is 10.2 Å². The molecule has 0 atom stereocenters. The summed E-state index contributed by atoms with van der Waals surface area (Å²) in [6.07, 6.45) is -4.73. The highest BCUT2D eigenvalue weighted by atomic mass is 32.1. The summed E-state index contributed by atoms with van der Waals surface area (Å²) in [5.74, 6) is -0.311. The number of nitriles is 1. The first kappa shape index (κ1) is 13.5. The lowest BCUT2D eigenvalue weighted by atomic mass is 10.2. The van der Waals surface area contributed by atoms with E-state index < -0.39 is 6.36 Å². The lowest BCUT2D eigenvalue weighted by Gasteiger charge is -2.08. The van der Waals surface area contributed by atoms with Crippen LogP contribution in [0.4, 0.5) is 13.2 Å². The highest BCUT2D eigenvalue weighted by molar-refractivity contribution is 7.16. The molecule has 4 nitrogen and oxygen atoms in total. The number of hydrogen-bond donors (Lipinski definition) is 1. The molecule has 0 spiro atoms. The van der Waals surface area contributed by atoms with Gasteiger partial charge in [0.2, 0.25) is 0 Å². The summed E-state index contributed by atoms with van der Waals surface area (Å²) in [6, 6.07) is 9.41. The van der Waals surface area contributed by atoms with Crippen LogP contribution in [0.1, 0.15) is 4.88 Å². The molecular formula is C13H6F3N3OS. The van der Waals surface area contributed by atoms with Crippen LogP contribution in [0, 0.1) is 11.3 Å². The number of rotatable bonds is 2. The summed E-state index contributed by atoms with van der Waals surface area (Å²) >= 11 is 1.26. The topological polar surface area (TPSA) is 61.7 Å². The maximum atomic E-state index is 12.2. The summed E-state index contributed by atoms with van der Waals surface area (Å²) < 4.78 is 40.4. The third-order valence-electron chi connectivity index (χ3n) is 2.72. The van der Waals surface area contributed by atoms with Crippen LogP contribution in [0.2, 0.25) is 0 Å². The van der Waals surface area contributed by atoms with E-state index in [1.54, 1.807) is 12.1 Å². The van der Waals surface area contributed by atoms with E-state index in [1.165, 1.54) is 29.5 Å². The molecule has 0 aliphatic carbocycles. The van der Waals surface area contributed by atoms with Crippen LogP contribution >= 0.6 is 11.3 Å². The van der Waals surface area contributed by atoms with E-state index in [1.807, 2.05) is 6.07 Å². The molecule has 0 saturated carbocycles. The first-order valence-corrected chi connectivity index (χ1v) is 6.52. The molecular weight excluding hydrogens is 303 g/mol. The predicted molar refractivity (Wildman–Crippen MR) is 70.8 cm³/mol. The van der Waals surface area contributed by atoms with Gasteiger partial charge in [-0.1, -0.05) is 0 Å². The second-order valence-electron chi connectivity index (χ2n) is 4.10. The Morgan fingerprint density at radius 1 is 1.24 bits per heavy atom. The minimum absolute atomic E-state index is 0.311. The van der Waals surface area contributed by atoms with Crippen LogP contribution in [-0.2, 0) is 0 Å². The van der Waals surface area contributed by atoms with Gasteiger partial charge in [0, 0.05) is 11.5 Å². The van der Waals surface area contributed by atoms with Crippen LogP contribution < -0.4 is 4.74 Å². The van der Waals surface area contributed by atoms with E-state index in [0.717, 1.165) is 4.88 Å². The molecule has 0 aliphatic heterocycles. The quantitative estimate of drug-likeness (QED) is 0.776. The van der Waals surface area contributed by atoms with E-state index in [2.05, 4.69) is 14.9 Å². The molecule has 1 N–H and O–H groups in total. The van der Waals surface area contributed by atoms with Crippen molar-refractivity contribution in [3.05, 3.63) is 35.2 Å². The van der Waals surface area contributed by atoms with Crippen molar-refractivity contribution in [2.24, 2.45) is 0 Å². The normalized spacial score (nSPS) is 11.5. The Bertz CT molecular complexity index is 844. The van der Waals surface area contributed by atoms with Crippen molar-refractivity contribution >= 4 is 22.2 Å². The number of H-pyrrole nitrogens is 1. The summed E-state index contributed by atoms with van der Waals surface area (Å²) in [6.45, 7) is 0. The minimum atomic E-state index is -4.73. The van der Waals surface area contributed by atoms with Crippen LogP contribution in [0.5, 0.6) is 5.75 Å². The van der Waals surface area contributed by atoms with Gasteiger partial charge in [-0.3, -0.25) is 5.10 Å². The third kappa shape index (κ3) is 2.68. The van der Waals surface area contributed by atoms with E-state index in [4.69, 9.17) is 5.26 Å². The van der Waals surface area contributed by atoms with Gasteiger partial charge in [-0.2, -0.15) is 10.4 Å². The molecule has 8 heteroatoms. The average Bonchev–Trinajstić information content (AvgIpc) is 3.01. The Morgan fingerprint density at radius 2 is 2.05 bits per heavy atom. The molecule has 21 heavy (non-hydrogen) atoms. The molecule has 1 aromatic carbocycles. The molecule has 0 bridgehead atoms. The first-order valence-electron chi connectivity index (χ1n) is 5.70. The number of ether oxygens (including phenoxy) is 1. The fourth-order valence-electron chi connectivity index (χ4n) is 1.91. The molecule has 0 amide bonds. The minimum Gasteiger partial charge on any atom is -0.406 e. The SMILES string of the molecule is N#Cc1ccc(-c2n[nH]c3cc(OC(F)(F)F)ccc23)s1. The summed E-state index contributed by atoms with van der Waals surface area (Å²) in [7, 11) is 0. The number of nitrogens with one attached hydrogen (secondary N) is 1. The lowest BCUT2D eigenvalue weighted by Crippen LogP contribution is -2.16. The van der Waals surface area contributed by atoms with Gasteiger partial charge < -0.3 is 4.74 Å². The second kappa shape index (κ2) is 4.79. The maximum Gasteiger partial charge on any atom is 0.573 e. The summed E-state index contributed by atoms with van der Waals surface area (Å²) in [5.41, 5.74) is 1.02. The van der Waals surface area contributed by atoms with Crippen LogP contribution in [-0.4, -0.2) is 16.6 Å². The standard InChI is InChI=1S/C13H6F3N3OS/c14-13(15,16)20-7-1-3-9-10(5-7)18-19-12(9)11-4-2-8(6-17)21-11/h1-5H,(H,18,19). The predicted octanol–water partition coefficient (Wildman–Crippen LogP) is 4.06. The maximum absolute atomic E-state index is 12.2. The number of hydrogen-bond acceptors (Lipinski definition) is 4. The van der Waals surface area contributed by atoms with Crippen molar-refractivity contribution in [2.75, 3.05) is 0 Å². The lowest BCUT2D eigenvalue weighted by molar-refractivity contribution is -0.274. The first-order chi connectivity index (χ1) is 9.96. The molecule has 0 fully saturated rings. The Morgan fingerprint density at radius 3 is 2.71 bits per heavy atom. The fourth-order valence-corrected chi connectivity index (χ4v) is 2.72. The Balaban J connectivity index is 2.02. The van der Waals surface area contributed by atoms with Crippen molar-refractivity contribution < 1.29 is 17.9 Å². The van der Waals surface area contributed by atoms with Gasteiger partial charge in [0.25, 0.3) is 0 Å². The molecule has 3 aromatic rings. The summed E-state index contributed by atoms with van der Waals surface area (Å²) in [4.78, 5) is 1.31. The Kier molecular flexibility index (Phi) is 3.07. The number of thiophene rings is 1. The molecule has 0 aliphatic rings. The molecule has 0 saturated heterocycles. The van der Waals surface area contributed by atoms with Crippen molar-refractivity contribution in [3.63, 3.8) is 0 Å². The van der Waals surface area contributed by atoms with Crippen LogP contribution in [0.3, 0.4) is 0 Å². The molecule has 3 rings (SSSR count). The van der Waals surface area contributed by atoms with Crippen molar-refractivity contribution in [1.29, 1.82) is 5.26 Å². The number of halogens is 3. The highest BCUT2D eigenvalue weighted by Gasteiger charge is 2.31. The molecule has 0 radical (unpaired) electrons. The van der Waals surface area contributed by atoms with E-state index >= 15 is 0 Å². The third-order valence-corrected chi connectivity index (χ3v) is 3.71. The van der Waals surface area contributed by atoms with Gasteiger partial charge in [0.05, 0.1) is 10.4 Å². The Labute approximate surface area is 120 Å². The highest BCUT2D eigenvalue weighted by Crippen LogP contribution is 2.34. The molecule has 2 aromatic heterocycles. The zero-order chi connectivity index (χ0) is 15.0. The zero-order valence-corrected chi connectivity index (χ0v) is 11.0. The largest absolute Gasteiger partial charge is 0.573 e. The van der Waals surface area contributed by atoms with Crippen molar-refractivity contribution in [2.45, 2.75) is 6.36 Å². The van der Waals surface area contributed by atoms with Crippen molar-refractivity contribution in [3.8, 4) is 22.4 Å². The van der Waals surface area contributed by atoms with Crippen LogP contribution in [0.15, 0.2) is 30.3 Å². The van der Waals surface area contributed by atoms with E-state index in [9.17, 15) is 13.2 Å². The molecule has 106 valence electrons. The molecule has 2 heterocycles. The average molecular weight is 309 g/mol. The number of nitrogens with zero attached hydrogens (tertiary/aromatic N) is 2. The van der Waals surface area contributed by atoms with Gasteiger partial charge in [-0.15, -0.1) is 24.5 Å². The second-order valence-corrected chi connectivity index (χ2v) is 5.19. The molecule has 0 unspecified atom stereocenters. The number of fused-ring (bicyclic) bond motifs is 1. The summed E-state index contributed by atoms with van der Waals surface area (Å²) in [5, 5.41) is 16.2. The van der Waals surface area contributed by atoms with Gasteiger partial charge in [0.15, 0.2) is 0 Å². The van der Waals surface area contributed by atoms with E-state index in [-0.39, 0.29) is 5.75 Å². The Hall–Kier alpha value is -2.53.